The van der Waals surface area contributed by atoms with E-state index in [1.807, 2.05) is 12.3 Å². The second kappa shape index (κ2) is 6.98. The number of aliphatic carboxylic acids is 1. The third-order valence-corrected chi connectivity index (χ3v) is 6.84. The molecule has 0 radical (unpaired) electrons. The van der Waals surface area contributed by atoms with Crippen molar-refractivity contribution in [1.82, 2.24) is 4.98 Å². The molecular weight excluding hydrogens is 374 g/mol. The van der Waals surface area contributed by atoms with Crippen molar-refractivity contribution in [3.63, 3.8) is 0 Å². The second-order valence-electron chi connectivity index (χ2n) is 8.62. The van der Waals surface area contributed by atoms with E-state index in [1.54, 1.807) is 0 Å². The van der Waals surface area contributed by atoms with Crippen molar-refractivity contribution < 1.29 is 14.6 Å². The Hall–Kier alpha value is -3.14. The van der Waals surface area contributed by atoms with E-state index in [9.17, 15) is 9.90 Å². The first-order chi connectivity index (χ1) is 14.5. The van der Waals surface area contributed by atoms with Crippen LogP contribution in [0.5, 0.6) is 5.88 Å². The van der Waals surface area contributed by atoms with Gasteiger partial charge in [0.25, 0.3) is 0 Å². The van der Waals surface area contributed by atoms with Crippen LogP contribution < -0.4 is 4.74 Å². The topological polar surface area (TPSA) is 59.4 Å². The fourth-order valence-corrected chi connectivity index (χ4v) is 5.19. The molecule has 4 heteroatoms. The molecule has 1 heterocycles. The summed E-state index contributed by atoms with van der Waals surface area (Å²) in [5.41, 5.74) is 9.73. The quantitative estimate of drug-likeness (QED) is 0.639. The first-order valence-corrected chi connectivity index (χ1v) is 10.4. The molecule has 5 rings (SSSR count). The van der Waals surface area contributed by atoms with Crippen molar-refractivity contribution in [1.29, 1.82) is 0 Å². The van der Waals surface area contributed by atoms with Crippen LogP contribution in [0.15, 0.2) is 48.7 Å². The first kappa shape index (κ1) is 18.9. The van der Waals surface area contributed by atoms with Crippen LogP contribution in [0, 0.1) is 32.6 Å². The van der Waals surface area contributed by atoms with Gasteiger partial charge in [-0.1, -0.05) is 36.4 Å². The molecule has 0 spiro atoms. The number of hydrogen-bond donors (Lipinski definition) is 1. The monoisotopic (exact) mass is 399 g/mol. The summed E-state index contributed by atoms with van der Waals surface area (Å²) in [6.45, 7) is 6.91. The van der Waals surface area contributed by atoms with E-state index in [4.69, 9.17) is 4.74 Å². The lowest BCUT2D eigenvalue weighted by atomic mass is 9.91. The van der Waals surface area contributed by atoms with Crippen molar-refractivity contribution in [2.75, 3.05) is 0 Å². The maximum Gasteiger partial charge on any atom is 0.307 e. The zero-order chi connectivity index (χ0) is 21.0. The summed E-state index contributed by atoms with van der Waals surface area (Å²) < 4.78 is 6.05. The van der Waals surface area contributed by atoms with E-state index < -0.39 is 5.97 Å². The highest BCUT2D eigenvalue weighted by Gasteiger charge is 2.59. The number of nitrogens with zero attached hydrogens (tertiary/aromatic N) is 1. The number of aromatic nitrogens is 1. The normalized spacial score (nSPS) is 21.1. The molecule has 1 unspecified atom stereocenters. The number of benzene rings is 2. The highest BCUT2D eigenvalue weighted by molar-refractivity contribution is 5.78. The predicted molar refractivity (Wildman–Crippen MR) is 116 cm³/mol. The van der Waals surface area contributed by atoms with Crippen LogP contribution in [0.2, 0.25) is 0 Å². The summed E-state index contributed by atoms with van der Waals surface area (Å²) >= 11 is 0. The maximum absolute atomic E-state index is 11.3. The third kappa shape index (κ3) is 2.98. The molecule has 1 saturated carbocycles. The van der Waals surface area contributed by atoms with Gasteiger partial charge in [-0.2, -0.15) is 0 Å². The Balaban J connectivity index is 1.35. The fraction of sp³-hybridized carbons (Fsp3) is 0.308. The summed E-state index contributed by atoms with van der Waals surface area (Å²) in [4.78, 5) is 15.7. The van der Waals surface area contributed by atoms with Crippen molar-refractivity contribution in [3.8, 4) is 17.0 Å². The number of pyridine rings is 1. The number of rotatable bonds is 5. The van der Waals surface area contributed by atoms with E-state index in [0.29, 0.717) is 12.5 Å². The predicted octanol–water partition coefficient (Wildman–Crippen LogP) is 5.22. The molecular formula is C26H25NO3. The van der Waals surface area contributed by atoms with Gasteiger partial charge < -0.3 is 9.84 Å². The number of carboxylic acids is 1. The zero-order valence-electron chi connectivity index (χ0n) is 17.5. The van der Waals surface area contributed by atoms with Crippen LogP contribution in [0.3, 0.4) is 0 Å². The lowest BCUT2D eigenvalue weighted by Gasteiger charge is -2.16. The highest BCUT2D eigenvalue weighted by Crippen LogP contribution is 2.61. The SMILES string of the molecule is Cc1cccc(C)c1-c1cccc(COc2cc3c(cn2)[C@@H]2C(C(=O)O)[C@@H]2C3)c1C. The Morgan fingerprint density at radius 2 is 1.87 bits per heavy atom. The summed E-state index contributed by atoms with van der Waals surface area (Å²) in [6, 6.07) is 14.8. The Kier molecular flexibility index (Phi) is 4.39. The minimum Gasteiger partial charge on any atom is -0.481 e. The summed E-state index contributed by atoms with van der Waals surface area (Å²) in [5.74, 6) is 0.0940. The maximum atomic E-state index is 11.3. The van der Waals surface area contributed by atoms with Gasteiger partial charge in [0.2, 0.25) is 5.88 Å². The van der Waals surface area contributed by atoms with E-state index in [-0.39, 0.29) is 17.8 Å². The van der Waals surface area contributed by atoms with E-state index >= 15 is 0 Å². The molecule has 1 N–H and O–H groups in total. The van der Waals surface area contributed by atoms with Crippen LogP contribution in [-0.2, 0) is 17.8 Å². The molecule has 0 amide bonds. The van der Waals surface area contributed by atoms with Crippen LogP contribution >= 0.6 is 0 Å². The molecule has 0 saturated heterocycles. The smallest absolute Gasteiger partial charge is 0.307 e. The first-order valence-electron chi connectivity index (χ1n) is 10.4. The van der Waals surface area contributed by atoms with E-state index in [2.05, 4.69) is 62.2 Å². The van der Waals surface area contributed by atoms with Crippen LogP contribution in [0.25, 0.3) is 11.1 Å². The molecule has 3 aromatic rings. The molecule has 30 heavy (non-hydrogen) atoms. The summed E-state index contributed by atoms with van der Waals surface area (Å²) in [5, 5.41) is 9.27. The standard InChI is InChI=1S/C26H25NO3/c1-14-6-4-7-15(2)23(14)19-9-5-8-17(16(19)3)13-30-22-11-18-10-20-24(21(18)12-27-22)25(20)26(28)29/h4-9,11-12,20,24-25H,10,13H2,1-3H3,(H,28,29)/t20-,24-,25?/m1/s1. The largest absolute Gasteiger partial charge is 0.481 e. The van der Waals surface area contributed by atoms with Crippen molar-refractivity contribution in [2.24, 2.45) is 11.8 Å². The highest BCUT2D eigenvalue weighted by atomic mass is 16.5. The number of carbonyl (C=O) groups is 1. The molecule has 4 nitrogen and oxygen atoms in total. The van der Waals surface area contributed by atoms with Crippen LogP contribution in [0.4, 0.5) is 0 Å². The van der Waals surface area contributed by atoms with Gasteiger partial charge >= 0.3 is 5.97 Å². The average Bonchev–Trinajstić information content (AvgIpc) is 3.31. The summed E-state index contributed by atoms with van der Waals surface area (Å²) in [7, 11) is 0. The number of ether oxygens (including phenoxy) is 1. The number of hydrogen-bond acceptors (Lipinski definition) is 3. The number of fused-ring (bicyclic) bond motifs is 3. The van der Waals surface area contributed by atoms with Gasteiger partial charge in [-0.15, -0.1) is 0 Å². The van der Waals surface area contributed by atoms with E-state index in [0.717, 1.165) is 17.5 Å². The van der Waals surface area contributed by atoms with Gasteiger partial charge in [0.05, 0.1) is 5.92 Å². The molecule has 0 bridgehead atoms. The van der Waals surface area contributed by atoms with Crippen LogP contribution in [0.1, 0.15) is 39.3 Å². The number of carboxylic acid groups (broad SMARTS) is 1. The molecule has 152 valence electrons. The van der Waals surface area contributed by atoms with Gasteiger partial charge in [0.1, 0.15) is 6.61 Å². The van der Waals surface area contributed by atoms with E-state index in [1.165, 1.54) is 33.4 Å². The second-order valence-corrected chi connectivity index (χ2v) is 8.62. The molecule has 1 aromatic heterocycles. The Labute approximate surface area is 176 Å². The Morgan fingerprint density at radius 3 is 2.60 bits per heavy atom. The van der Waals surface area contributed by atoms with Crippen molar-refractivity contribution in [2.45, 2.75) is 39.7 Å². The molecule has 2 aliphatic carbocycles. The average molecular weight is 399 g/mol. The van der Waals surface area contributed by atoms with Gasteiger partial charge in [0.15, 0.2) is 0 Å². The van der Waals surface area contributed by atoms with Gasteiger partial charge in [-0.3, -0.25) is 4.79 Å². The molecule has 2 aliphatic rings. The third-order valence-electron chi connectivity index (χ3n) is 6.84. The molecule has 0 aliphatic heterocycles. The van der Waals surface area contributed by atoms with Gasteiger partial charge in [-0.25, -0.2) is 4.98 Å². The fourth-order valence-electron chi connectivity index (χ4n) is 5.19. The summed E-state index contributed by atoms with van der Waals surface area (Å²) in [6.07, 6.45) is 2.63. The molecule has 2 aromatic carbocycles. The Morgan fingerprint density at radius 1 is 1.13 bits per heavy atom. The number of aryl methyl sites for hydroxylation is 2. The molecule has 1 fully saturated rings. The molecule has 3 atom stereocenters. The van der Waals surface area contributed by atoms with Gasteiger partial charge in [-0.05, 0) is 77.6 Å². The minimum absolute atomic E-state index is 0.148. The van der Waals surface area contributed by atoms with Crippen LogP contribution in [-0.4, -0.2) is 16.1 Å². The van der Waals surface area contributed by atoms with Crippen molar-refractivity contribution >= 4 is 5.97 Å². The lowest BCUT2D eigenvalue weighted by molar-refractivity contribution is -0.139. The van der Waals surface area contributed by atoms with Crippen molar-refractivity contribution in [3.05, 3.63) is 82.0 Å². The Bertz CT molecular complexity index is 1150. The zero-order valence-corrected chi connectivity index (χ0v) is 17.5. The lowest BCUT2D eigenvalue weighted by Crippen LogP contribution is -2.06. The van der Waals surface area contributed by atoms with Gasteiger partial charge in [0, 0.05) is 18.2 Å². The minimum atomic E-state index is -0.685.